The van der Waals surface area contributed by atoms with Crippen LogP contribution in [0.4, 0.5) is 24.7 Å². The van der Waals surface area contributed by atoms with Crippen LogP contribution in [0.5, 0.6) is 0 Å². The van der Waals surface area contributed by atoms with Gasteiger partial charge in [0.05, 0.1) is 16.9 Å². The number of carboxylic acids is 1. The van der Waals surface area contributed by atoms with Crippen molar-refractivity contribution in [1.29, 1.82) is 0 Å². The maximum absolute atomic E-state index is 13.4. The topological polar surface area (TPSA) is 80.0 Å². The number of hydrogen-bond acceptors (Lipinski definition) is 5. The Kier molecular flexibility index (Phi) is 5.54. The van der Waals surface area contributed by atoms with Gasteiger partial charge in [0, 0.05) is 6.07 Å². The zero-order chi connectivity index (χ0) is 23.9. The minimum absolute atomic E-state index is 0.0282. The molecule has 0 aliphatic rings. The highest BCUT2D eigenvalue weighted by Crippen LogP contribution is 2.37. The Bertz CT molecular complexity index is 1330. The van der Waals surface area contributed by atoms with E-state index in [1.807, 2.05) is 32.0 Å². The van der Waals surface area contributed by atoms with Crippen LogP contribution in [0.15, 0.2) is 54.6 Å². The van der Waals surface area contributed by atoms with Crippen molar-refractivity contribution in [3.8, 4) is 11.1 Å². The van der Waals surface area contributed by atoms with E-state index in [1.165, 1.54) is 28.8 Å². The molecule has 2 aromatic heterocycles. The molecule has 4 aromatic rings. The third-order valence-corrected chi connectivity index (χ3v) is 5.09. The van der Waals surface area contributed by atoms with Crippen LogP contribution in [0.1, 0.15) is 27.3 Å². The number of anilines is 2. The van der Waals surface area contributed by atoms with Gasteiger partial charge in [-0.2, -0.15) is 19.5 Å². The molecule has 4 rings (SSSR count). The quantitative estimate of drug-likeness (QED) is 0.393. The molecular weight excluding hydrogens is 437 g/mol. The number of alkyl halides is 3. The Hall–Kier alpha value is -3.92. The van der Waals surface area contributed by atoms with Gasteiger partial charge in [0.25, 0.3) is 0 Å². The zero-order valence-electron chi connectivity index (χ0n) is 17.9. The second-order valence-electron chi connectivity index (χ2n) is 7.43. The summed E-state index contributed by atoms with van der Waals surface area (Å²) in [6.45, 7) is 5.46. The molecule has 0 radical (unpaired) electrons. The lowest BCUT2D eigenvalue weighted by molar-refractivity contribution is -0.325. The number of benzene rings is 2. The van der Waals surface area contributed by atoms with Crippen molar-refractivity contribution in [3.05, 3.63) is 77.1 Å². The summed E-state index contributed by atoms with van der Waals surface area (Å²) in [5.74, 6) is -1.66. The number of hydrogen-bond donors (Lipinski definition) is 1. The lowest BCUT2D eigenvalue weighted by Crippen LogP contribution is -2.29. The first kappa shape index (κ1) is 22.3. The summed E-state index contributed by atoms with van der Waals surface area (Å²) < 4.78 is 41.3. The molecule has 7 nitrogen and oxygen atoms in total. The number of nitrogens with zero attached hydrogens (tertiary/aromatic N) is 4. The second kappa shape index (κ2) is 8.21. The normalized spacial score (nSPS) is 11.7. The fourth-order valence-electron chi connectivity index (χ4n) is 3.76. The SMILES string of the molecule is Cc1cccc(C)c1-c1c(C)nn2c(N(OC(F)(F)F)c3ccccc3)cc(C(=O)O)nc12. The lowest BCUT2D eigenvalue weighted by atomic mass is 9.96. The number of carbonyl (C=O) groups is 1. The van der Waals surface area contributed by atoms with Crippen molar-refractivity contribution in [2.75, 3.05) is 5.06 Å². The van der Waals surface area contributed by atoms with Crippen molar-refractivity contribution in [3.63, 3.8) is 0 Å². The minimum atomic E-state index is -5.05. The van der Waals surface area contributed by atoms with Gasteiger partial charge in [-0.25, -0.2) is 9.78 Å². The van der Waals surface area contributed by atoms with E-state index < -0.39 is 18.0 Å². The Morgan fingerprint density at radius 3 is 2.21 bits per heavy atom. The monoisotopic (exact) mass is 456 g/mol. The minimum Gasteiger partial charge on any atom is -0.477 e. The van der Waals surface area contributed by atoms with Gasteiger partial charge in [0.15, 0.2) is 17.2 Å². The van der Waals surface area contributed by atoms with E-state index in [0.717, 1.165) is 22.8 Å². The zero-order valence-corrected chi connectivity index (χ0v) is 17.9. The number of aromatic carboxylic acids is 1. The summed E-state index contributed by atoms with van der Waals surface area (Å²) >= 11 is 0. The van der Waals surface area contributed by atoms with E-state index in [4.69, 9.17) is 0 Å². The van der Waals surface area contributed by atoms with E-state index >= 15 is 0 Å². The number of para-hydroxylation sites is 1. The Morgan fingerprint density at radius 1 is 1.00 bits per heavy atom. The predicted octanol–water partition coefficient (Wildman–Crippen LogP) is 5.61. The average molecular weight is 456 g/mol. The largest absolute Gasteiger partial charge is 0.544 e. The van der Waals surface area contributed by atoms with Crippen molar-refractivity contribution in [2.24, 2.45) is 0 Å². The van der Waals surface area contributed by atoms with E-state index in [1.54, 1.807) is 13.0 Å². The smallest absolute Gasteiger partial charge is 0.477 e. The Morgan fingerprint density at radius 2 is 1.64 bits per heavy atom. The summed E-state index contributed by atoms with van der Waals surface area (Å²) in [5.41, 5.74) is 3.27. The number of rotatable bonds is 5. The molecule has 0 aliphatic heterocycles. The van der Waals surface area contributed by atoms with Crippen LogP contribution in [0.25, 0.3) is 16.8 Å². The summed E-state index contributed by atoms with van der Waals surface area (Å²) in [7, 11) is 0. The fourth-order valence-corrected chi connectivity index (χ4v) is 3.76. The highest BCUT2D eigenvalue weighted by Gasteiger charge is 2.36. The molecule has 0 unspecified atom stereocenters. The molecule has 0 saturated carbocycles. The van der Waals surface area contributed by atoms with Gasteiger partial charge in [-0.15, -0.1) is 13.2 Å². The van der Waals surface area contributed by atoms with Crippen LogP contribution in [-0.4, -0.2) is 32.0 Å². The van der Waals surface area contributed by atoms with Crippen molar-refractivity contribution >= 4 is 23.1 Å². The molecule has 0 spiro atoms. The standard InChI is InChI=1S/C23H19F3N4O3/c1-13-8-7-9-14(2)19(13)20-15(3)28-29-18(12-17(22(31)32)27-21(20)29)30(33-23(24,25)26)16-10-5-4-6-11-16/h4-12H,1-3H3,(H,31,32). The van der Waals surface area contributed by atoms with E-state index in [0.29, 0.717) is 16.3 Å². The number of fused-ring (bicyclic) bond motifs is 1. The van der Waals surface area contributed by atoms with Gasteiger partial charge in [0.2, 0.25) is 0 Å². The van der Waals surface area contributed by atoms with Gasteiger partial charge in [-0.3, -0.25) is 0 Å². The molecule has 2 aromatic carbocycles. The highest BCUT2D eigenvalue weighted by atomic mass is 19.4. The van der Waals surface area contributed by atoms with Crippen molar-refractivity contribution in [2.45, 2.75) is 27.1 Å². The predicted molar refractivity (Wildman–Crippen MR) is 115 cm³/mol. The second-order valence-corrected chi connectivity index (χ2v) is 7.43. The molecular formula is C23H19F3N4O3. The molecule has 33 heavy (non-hydrogen) atoms. The number of carboxylic acid groups (broad SMARTS) is 1. The highest BCUT2D eigenvalue weighted by molar-refractivity contribution is 5.91. The maximum Gasteiger partial charge on any atom is 0.544 e. The number of halogens is 3. The lowest BCUT2D eigenvalue weighted by Gasteiger charge is -2.25. The molecule has 0 bridgehead atoms. The van der Waals surface area contributed by atoms with Gasteiger partial charge >= 0.3 is 12.3 Å². The molecule has 2 heterocycles. The Balaban J connectivity index is 2.08. The van der Waals surface area contributed by atoms with Crippen LogP contribution in [-0.2, 0) is 4.84 Å². The fraction of sp³-hybridized carbons (Fsp3) is 0.174. The molecule has 1 N–H and O–H groups in total. The van der Waals surface area contributed by atoms with Crippen LogP contribution < -0.4 is 5.06 Å². The summed E-state index contributed by atoms with van der Waals surface area (Å²) in [6, 6.07) is 14.2. The first-order chi connectivity index (χ1) is 15.6. The third-order valence-electron chi connectivity index (χ3n) is 5.09. The van der Waals surface area contributed by atoms with Gasteiger partial charge in [-0.05, 0) is 49.6 Å². The summed E-state index contributed by atoms with van der Waals surface area (Å²) in [5, 5.41) is 14.6. The van der Waals surface area contributed by atoms with Crippen molar-refractivity contribution < 1.29 is 27.9 Å². The summed E-state index contributed by atoms with van der Waals surface area (Å²) in [6.07, 6.45) is -5.05. The van der Waals surface area contributed by atoms with Gasteiger partial charge < -0.3 is 5.11 Å². The number of aryl methyl sites for hydroxylation is 3. The first-order valence-electron chi connectivity index (χ1n) is 9.88. The van der Waals surface area contributed by atoms with E-state index in [-0.39, 0.29) is 17.2 Å². The van der Waals surface area contributed by atoms with Gasteiger partial charge in [-0.1, -0.05) is 36.4 Å². The van der Waals surface area contributed by atoms with Crippen LogP contribution in [0.2, 0.25) is 0 Å². The molecule has 0 saturated heterocycles. The first-order valence-corrected chi connectivity index (χ1v) is 9.88. The summed E-state index contributed by atoms with van der Waals surface area (Å²) in [4.78, 5) is 20.4. The molecule has 0 atom stereocenters. The van der Waals surface area contributed by atoms with E-state index in [2.05, 4.69) is 14.9 Å². The Labute approximate surface area is 186 Å². The van der Waals surface area contributed by atoms with E-state index in [9.17, 15) is 23.1 Å². The van der Waals surface area contributed by atoms with Gasteiger partial charge in [0.1, 0.15) is 0 Å². The molecule has 0 amide bonds. The maximum atomic E-state index is 13.4. The molecule has 10 heteroatoms. The van der Waals surface area contributed by atoms with Crippen LogP contribution in [0.3, 0.4) is 0 Å². The van der Waals surface area contributed by atoms with Crippen LogP contribution >= 0.6 is 0 Å². The molecule has 0 aliphatic carbocycles. The third kappa shape index (κ3) is 4.24. The van der Waals surface area contributed by atoms with Crippen molar-refractivity contribution in [1.82, 2.24) is 14.6 Å². The number of aromatic nitrogens is 3. The average Bonchev–Trinajstić information content (AvgIpc) is 3.07. The van der Waals surface area contributed by atoms with Crippen LogP contribution in [0, 0.1) is 20.8 Å². The molecule has 170 valence electrons. The molecule has 0 fully saturated rings.